The van der Waals surface area contributed by atoms with Crippen molar-refractivity contribution in [1.29, 1.82) is 5.26 Å². The van der Waals surface area contributed by atoms with E-state index < -0.39 is 5.41 Å². The summed E-state index contributed by atoms with van der Waals surface area (Å²) in [5, 5.41) is 10.1. The van der Waals surface area contributed by atoms with Gasteiger partial charge in [-0.15, -0.1) is 23.3 Å². The number of nitrogens with zero attached hydrogens (tertiary/aromatic N) is 4. The number of aromatic amines is 1. The third kappa shape index (κ3) is 5.99. The van der Waals surface area contributed by atoms with E-state index in [1.165, 1.54) is 0 Å². The molecule has 182 valence electrons. The van der Waals surface area contributed by atoms with Crippen LogP contribution in [-0.4, -0.2) is 43.3 Å². The number of rotatable bonds is 4. The van der Waals surface area contributed by atoms with Gasteiger partial charge in [-0.2, -0.15) is 5.26 Å². The summed E-state index contributed by atoms with van der Waals surface area (Å²) in [5.41, 5.74) is 1.92. The average Bonchev–Trinajstić information content (AvgIpc) is 2.90. The van der Waals surface area contributed by atoms with E-state index >= 15 is 0 Å². The number of thiol groups is 2. The van der Waals surface area contributed by atoms with Crippen LogP contribution >= 0.6 is 23.3 Å². The van der Waals surface area contributed by atoms with Crippen LogP contribution in [0.25, 0.3) is 10.9 Å². The molecule has 0 atom stereocenters. The number of nitrogens with one attached hydrogen (secondary N) is 1. The highest BCUT2D eigenvalue weighted by Gasteiger charge is 2.26. The van der Waals surface area contributed by atoms with E-state index in [9.17, 15) is 10.1 Å². The summed E-state index contributed by atoms with van der Waals surface area (Å²) >= 11 is 6.44. The maximum absolute atomic E-state index is 12.4. The second-order valence-corrected chi connectivity index (χ2v) is 8.00. The minimum Gasteiger partial charge on any atom is -0.496 e. The third-order valence-corrected chi connectivity index (χ3v) is 5.68. The van der Waals surface area contributed by atoms with E-state index in [0.29, 0.717) is 16.9 Å². The number of benzene rings is 2. The standard InChI is InChI=1S/C23H25N5O2.C2H6.H2S2/c1-23(2,15-24)18-9-8-16(14-20(18)30-3)27-10-12-28(13-11-27)22-25-19-7-5-4-6-17(19)21(29)26-22;2*1-2/h4-9,14H,10-13H2,1-3H3,(H,25,26,29);1-2H3;1-2H. The molecule has 0 bridgehead atoms. The van der Waals surface area contributed by atoms with Crippen LogP contribution in [0.1, 0.15) is 33.3 Å². The molecule has 0 aliphatic carbocycles. The molecule has 1 saturated heterocycles. The number of para-hydroxylation sites is 1. The lowest BCUT2D eigenvalue weighted by molar-refractivity contribution is 0.402. The summed E-state index contributed by atoms with van der Waals surface area (Å²) < 4.78 is 5.57. The van der Waals surface area contributed by atoms with Crippen LogP contribution in [0, 0.1) is 11.3 Å². The number of H-pyrrole nitrogens is 1. The van der Waals surface area contributed by atoms with Gasteiger partial charge in [-0.25, -0.2) is 4.98 Å². The number of hydrogen-bond acceptors (Lipinski definition) is 8. The van der Waals surface area contributed by atoms with Gasteiger partial charge in [0.1, 0.15) is 5.75 Å². The molecule has 2 aromatic carbocycles. The van der Waals surface area contributed by atoms with Gasteiger partial charge in [0.05, 0.1) is 29.5 Å². The zero-order chi connectivity index (χ0) is 25.3. The number of fused-ring (bicyclic) bond motifs is 1. The van der Waals surface area contributed by atoms with Crippen LogP contribution in [0.3, 0.4) is 0 Å². The van der Waals surface area contributed by atoms with E-state index in [-0.39, 0.29) is 5.56 Å². The molecule has 34 heavy (non-hydrogen) atoms. The molecular weight excluding hydrogens is 466 g/mol. The van der Waals surface area contributed by atoms with E-state index in [4.69, 9.17) is 4.74 Å². The maximum atomic E-state index is 12.4. The number of ether oxygens (including phenoxy) is 1. The Bertz CT molecular complexity index is 1180. The van der Waals surface area contributed by atoms with Gasteiger partial charge in [-0.3, -0.25) is 9.78 Å². The van der Waals surface area contributed by atoms with Crippen LogP contribution in [-0.2, 0) is 5.41 Å². The zero-order valence-corrected chi connectivity index (χ0v) is 22.2. The number of methoxy groups -OCH3 is 1. The Morgan fingerprint density at radius 2 is 1.68 bits per heavy atom. The normalized spacial score (nSPS) is 13.2. The molecule has 0 spiro atoms. The Balaban J connectivity index is 0.000000970. The van der Waals surface area contributed by atoms with Gasteiger partial charge in [0, 0.05) is 43.5 Å². The SMILES string of the molecule is CC.COc1cc(N2CCN(c3nc4ccccc4c(=O)[nH]3)CC2)ccc1C(C)(C)C#N.SS. The molecule has 1 fully saturated rings. The quantitative estimate of drug-likeness (QED) is 0.352. The second-order valence-electron chi connectivity index (χ2n) is 8.00. The summed E-state index contributed by atoms with van der Waals surface area (Å²) in [5.74, 6) is 1.34. The summed E-state index contributed by atoms with van der Waals surface area (Å²) in [6.07, 6.45) is 0. The van der Waals surface area contributed by atoms with Gasteiger partial charge in [-0.05, 0) is 32.0 Å². The zero-order valence-electron chi connectivity index (χ0n) is 20.4. The lowest BCUT2D eigenvalue weighted by Crippen LogP contribution is -2.47. The molecule has 0 radical (unpaired) electrons. The van der Waals surface area contributed by atoms with Crippen LogP contribution in [0.4, 0.5) is 11.6 Å². The predicted octanol–water partition coefficient (Wildman–Crippen LogP) is 4.85. The Hall–Kier alpha value is -2.83. The Morgan fingerprint density at radius 1 is 1.06 bits per heavy atom. The first-order valence-electron chi connectivity index (χ1n) is 11.2. The molecule has 9 heteroatoms. The number of anilines is 2. The first-order chi connectivity index (χ1) is 16.4. The van der Waals surface area contributed by atoms with Crippen LogP contribution in [0.5, 0.6) is 5.75 Å². The van der Waals surface area contributed by atoms with E-state index in [2.05, 4.69) is 49.2 Å². The highest BCUT2D eigenvalue weighted by Crippen LogP contribution is 2.34. The Labute approximate surface area is 212 Å². The van der Waals surface area contributed by atoms with E-state index in [1.807, 2.05) is 64.1 Å². The summed E-state index contributed by atoms with van der Waals surface area (Å²) in [4.78, 5) is 24.3. The molecule has 4 rings (SSSR count). The van der Waals surface area contributed by atoms with Crippen molar-refractivity contribution >= 4 is 45.9 Å². The lowest BCUT2D eigenvalue weighted by Gasteiger charge is -2.36. The number of aromatic nitrogens is 2. The lowest BCUT2D eigenvalue weighted by atomic mass is 9.85. The topological polar surface area (TPSA) is 85.2 Å². The second kappa shape index (κ2) is 12.6. The molecule has 0 unspecified atom stereocenters. The average molecular weight is 500 g/mol. The van der Waals surface area contributed by atoms with E-state index in [0.717, 1.165) is 43.2 Å². The van der Waals surface area contributed by atoms with E-state index in [1.54, 1.807) is 13.2 Å². The smallest absolute Gasteiger partial charge is 0.260 e. The molecule has 0 saturated carbocycles. The monoisotopic (exact) mass is 499 g/mol. The first-order valence-corrected chi connectivity index (χ1v) is 12.8. The molecule has 3 aromatic rings. The van der Waals surface area contributed by atoms with Crippen molar-refractivity contribution in [2.24, 2.45) is 0 Å². The fourth-order valence-corrected chi connectivity index (χ4v) is 3.85. The number of hydrogen-bond donors (Lipinski definition) is 3. The summed E-state index contributed by atoms with van der Waals surface area (Å²) in [7, 11) is 1.63. The fourth-order valence-electron chi connectivity index (χ4n) is 3.85. The highest BCUT2D eigenvalue weighted by molar-refractivity contribution is 8.59. The fraction of sp³-hybridized carbons (Fsp3) is 0.400. The van der Waals surface area contributed by atoms with Crippen molar-refractivity contribution in [3.63, 3.8) is 0 Å². The number of nitriles is 1. The molecule has 1 aliphatic rings. The first kappa shape index (κ1) is 27.4. The van der Waals surface area contributed by atoms with Crippen molar-refractivity contribution in [3.05, 3.63) is 58.4 Å². The highest BCUT2D eigenvalue weighted by atomic mass is 33.1. The molecule has 1 aromatic heterocycles. The summed E-state index contributed by atoms with van der Waals surface area (Å²) in [6.45, 7) is 10.9. The minimum atomic E-state index is -0.615. The van der Waals surface area contributed by atoms with Gasteiger partial charge >= 0.3 is 0 Å². The van der Waals surface area contributed by atoms with Crippen molar-refractivity contribution in [2.45, 2.75) is 33.1 Å². The van der Waals surface area contributed by atoms with Gasteiger partial charge in [0.15, 0.2) is 0 Å². The maximum Gasteiger partial charge on any atom is 0.260 e. The van der Waals surface area contributed by atoms with Gasteiger partial charge in [0.2, 0.25) is 5.95 Å². The molecule has 1 aliphatic heterocycles. The Kier molecular flexibility index (Phi) is 10.1. The molecular formula is C25H33N5O2S2. The van der Waals surface area contributed by atoms with Crippen LogP contribution in [0.2, 0.25) is 0 Å². The van der Waals surface area contributed by atoms with Crippen LogP contribution in [0.15, 0.2) is 47.3 Å². The van der Waals surface area contributed by atoms with Crippen molar-refractivity contribution < 1.29 is 4.74 Å². The van der Waals surface area contributed by atoms with Crippen LogP contribution < -0.4 is 20.1 Å². The third-order valence-electron chi connectivity index (χ3n) is 5.68. The van der Waals surface area contributed by atoms with Gasteiger partial charge in [0.25, 0.3) is 5.56 Å². The Morgan fingerprint density at radius 3 is 2.29 bits per heavy atom. The number of piperazine rings is 1. The van der Waals surface area contributed by atoms with Crippen molar-refractivity contribution in [2.75, 3.05) is 43.1 Å². The molecule has 7 nitrogen and oxygen atoms in total. The predicted molar refractivity (Wildman–Crippen MR) is 148 cm³/mol. The van der Waals surface area contributed by atoms with Gasteiger partial charge < -0.3 is 14.5 Å². The summed E-state index contributed by atoms with van der Waals surface area (Å²) in [6, 6.07) is 15.7. The minimum absolute atomic E-state index is 0.113. The molecule has 2 heterocycles. The van der Waals surface area contributed by atoms with Crippen molar-refractivity contribution in [3.8, 4) is 11.8 Å². The van der Waals surface area contributed by atoms with Gasteiger partial charge in [-0.1, -0.05) is 32.0 Å². The molecule has 1 N–H and O–H groups in total. The largest absolute Gasteiger partial charge is 0.496 e. The molecule has 0 amide bonds. The van der Waals surface area contributed by atoms with Crippen molar-refractivity contribution in [1.82, 2.24) is 9.97 Å².